The van der Waals surface area contributed by atoms with Gasteiger partial charge >= 0.3 is 0 Å². The van der Waals surface area contributed by atoms with E-state index in [4.69, 9.17) is 11.6 Å². The summed E-state index contributed by atoms with van der Waals surface area (Å²) in [6.07, 6.45) is 13.4. The molecule has 0 radical (unpaired) electrons. The zero-order valence-electron chi connectivity index (χ0n) is 13.8. The lowest BCUT2D eigenvalue weighted by atomic mass is 10.0. The summed E-state index contributed by atoms with van der Waals surface area (Å²) in [5.41, 5.74) is 0. The van der Waals surface area contributed by atoms with Crippen molar-refractivity contribution < 1.29 is 0 Å². The largest absolute Gasteiger partial charge is 0.309 e. The molecule has 0 aliphatic rings. The molecule has 0 aromatic carbocycles. The van der Waals surface area contributed by atoms with Gasteiger partial charge in [0, 0.05) is 10.9 Å². The van der Waals surface area contributed by atoms with E-state index >= 15 is 0 Å². The molecule has 1 unspecified atom stereocenters. The van der Waals surface area contributed by atoms with Crippen molar-refractivity contribution in [3.63, 3.8) is 0 Å². The van der Waals surface area contributed by atoms with Gasteiger partial charge in [0.25, 0.3) is 0 Å². The predicted octanol–water partition coefficient (Wildman–Crippen LogP) is 6.97. The summed E-state index contributed by atoms with van der Waals surface area (Å²) < 4.78 is 0. The van der Waals surface area contributed by atoms with Crippen molar-refractivity contribution in [2.75, 3.05) is 6.54 Å². The van der Waals surface area contributed by atoms with Crippen LogP contribution in [0.1, 0.15) is 89.0 Å². The van der Waals surface area contributed by atoms with E-state index < -0.39 is 0 Å². The van der Waals surface area contributed by atoms with Crippen molar-refractivity contribution in [1.29, 1.82) is 0 Å². The highest BCUT2D eigenvalue weighted by molar-refractivity contribution is 7.10. The number of thiophene rings is 1. The lowest BCUT2D eigenvalue weighted by Crippen LogP contribution is -2.21. The van der Waals surface area contributed by atoms with Crippen molar-refractivity contribution in [3.05, 3.63) is 21.3 Å². The van der Waals surface area contributed by atoms with Gasteiger partial charge in [0.05, 0.1) is 5.02 Å². The summed E-state index contributed by atoms with van der Waals surface area (Å²) in [4.78, 5) is 1.33. The Morgan fingerprint density at radius 3 is 2.24 bits per heavy atom. The maximum atomic E-state index is 6.29. The summed E-state index contributed by atoms with van der Waals surface area (Å²) in [6.45, 7) is 5.57. The van der Waals surface area contributed by atoms with Crippen molar-refractivity contribution in [2.45, 2.75) is 84.1 Å². The van der Waals surface area contributed by atoms with E-state index in [2.05, 4.69) is 24.5 Å². The van der Waals surface area contributed by atoms with Crippen LogP contribution >= 0.6 is 22.9 Å². The predicted molar refractivity (Wildman–Crippen MR) is 97.6 cm³/mol. The van der Waals surface area contributed by atoms with Crippen LogP contribution in [0, 0.1) is 0 Å². The number of unbranched alkanes of at least 4 members (excludes halogenated alkanes) is 7. The van der Waals surface area contributed by atoms with Crippen LogP contribution in [-0.2, 0) is 0 Å². The second-order valence-electron chi connectivity index (χ2n) is 5.90. The van der Waals surface area contributed by atoms with E-state index in [0.717, 1.165) is 11.6 Å². The summed E-state index contributed by atoms with van der Waals surface area (Å²) in [6, 6.07) is 2.48. The van der Waals surface area contributed by atoms with Gasteiger partial charge in [-0.3, -0.25) is 0 Å². The molecule has 0 saturated carbocycles. The first-order chi connectivity index (χ1) is 10.3. The molecule has 0 bridgehead atoms. The van der Waals surface area contributed by atoms with E-state index in [-0.39, 0.29) is 0 Å². The average molecular weight is 330 g/mol. The lowest BCUT2D eigenvalue weighted by Gasteiger charge is -2.17. The zero-order chi connectivity index (χ0) is 15.3. The summed E-state index contributed by atoms with van der Waals surface area (Å²) in [5.74, 6) is 0. The van der Waals surface area contributed by atoms with Gasteiger partial charge in [-0.1, -0.05) is 76.8 Å². The Balaban J connectivity index is 2.20. The lowest BCUT2D eigenvalue weighted by molar-refractivity contribution is 0.470. The van der Waals surface area contributed by atoms with E-state index in [1.807, 2.05) is 6.07 Å². The molecular weight excluding hydrogens is 298 g/mol. The Bertz CT molecular complexity index is 351. The topological polar surface area (TPSA) is 12.0 Å². The molecule has 0 aliphatic heterocycles. The molecule has 1 aromatic rings. The van der Waals surface area contributed by atoms with E-state index in [0.29, 0.717) is 6.04 Å². The Morgan fingerprint density at radius 2 is 1.67 bits per heavy atom. The van der Waals surface area contributed by atoms with Gasteiger partial charge in [-0.25, -0.2) is 0 Å². The minimum Gasteiger partial charge on any atom is -0.309 e. The minimum absolute atomic E-state index is 0.456. The van der Waals surface area contributed by atoms with E-state index in [1.54, 1.807) is 11.3 Å². The second-order valence-corrected chi connectivity index (χ2v) is 7.26. The Kier molecular flexibility index (Phi) is 11.3. The van der Waals surface area contributed by atoms with Crippen LogP contribution in [0.2, 0.25) is 5.02 Å². The molecule has 1 heterocycles. The maximum absolute atomic E-state index is 6.29. The van der Waals surface area contributed by atoms with Crippen LogP contribution in [0.25, 0.3) is 0 Å². The molecule has 0 aliphatic carbocycles. The Morgan fingerprint density at radius 1 is 1.00 bits per heavy atom. The van der Waals surface area contributed by atoms with Crippen molar-refractivity contribution in [1.82, 2.24) is 5.32 Å². The molecule has 1 nitrogen and oxygen atoms in total. The number of hydrogen-bond donors (Lipinski definition) is 1. The number of rotatable bonds is 13. The first kappa shape index (κ1) is 19.0. The van der Waals surface area contributed by atoms with Crippen LogP contribution in [0.5, 0.6) is 0 Å². The van der Waals surface area contributed by atoms with Crippen LogP contribution in [0.15, 0.2) is 11.4 Å². The molecule has 0 spiro atoms. The van der Waals surface area contributed by atoms with Gasteiger partial charge in [0.15, 0.2) is 0 Å². The van der Waals surface area contributed by atoms with Gasteiger partial charge in [0.2, 0.25) is 0 Å². The van der Waals surface area contributed by atoms with Crippen molar-refractivity contribution in [3.8, 4) is 0 Å². The van der Waals surface area contributed by atoms with E-state index in [9.17, 15) is 0 Å². The number of nitrogens with one attached hydrogen (secondary N) is 1. The third kappa shape index (κ3) is 8.23. The monoisotopic (exact) mass is 329 g/mol. The molecule has 0 saturated heterocycles. The third-order valence-electron chi connectivity index (χ3n) is 3.95. The second kappa shape index (κ2) is 12.5. The van der Waals surface area contributed by atoms with Crippen LogP contribution in [-0.4, -0.2) is 6.54 Å². The summed E-state index contributed by atoms with van der Waals surface area (Å²) >= 11 is 8.09. The van der Waals surface area contributed by atoms with Crippen LogP contribution in [0.4, 0.5) is 0 Å². The van der Waals surface area contributed by atoms with Gasteiger partial charge in [-0.05, 0) is 30.8 Å². The van der Waals surface area contributed by atoms with Crippen LogP contribution < -0.4 is 5.32 Å². The molecule has 0 amide bonds. The fraction of sp³-hybridized carbons (Fsp3) is 0.778. The molecule has 3 heteroatoms. The molecule has 122 valence electrons. The fourth-order valence-corrected chi connectivity index (χ4v) is 3.98. The van der Waals surface area contributed by atoms with E-state index in [1.165, 1.54) is 69.1 Å². The molecule has 1 N–H and O–H groups in total. The fourth-order valence-electron chi connectivity index (χ4n) is 2.68. The minimum atomic E-state index is 0.456. The highest BCUT2D eigenvalue weighted by Crippen LogP contribution is 2.31. The van der Waals surface area contributed by atoms with Crippen molar-refractivity contribution >= 4 is 22.9 Å². The first-order valence-electron chi connectivity index (χ1n) is 8.75. The Hall–Kier alpha value is -0.0500. The molecule has 1 aromatic heterocycles. The summed E-state index contributed by atoms with van der Waals surface area (Å²) in [7, 11) is 0. The number of halogens is 1. The first-order valence-corrected chi connectivity index (χ1v) is 10.0. The van der Waals surface area contributed by atoms with Gasteiger partial charge in [-0.15, -0.1) is 11.3 Å². The zero-order valence-corrected chi connectivity index (χ0v) is 15.4. The quantitative estimate of drug-likeness (QED) is 0.385. The normalized spacial score (nSPS) is 12.7. The average Bonchev–Trinajstić information content (AvgIpc) is 2.91. The van der Waals surface area contributed by atoms with Crippen LogP contribution in [0.3, 0.4) is 0 Å². The smallest absolute Gasteiger partial charge is 0.0561 e. The molecule has 1 atom stereocenters. The van der Waals surface area contributed by atoms with Gasteiger partial charge in [0.1, 0.15) is 0 Å². The van der Waals surface area contributed by atoms with Gasteiger partial charge in [-0.2, -0.15) is 0 Å². The highest BCUT2D eigenvalue weighted by Gasteiger charge is 2.14. The maximum Gasteiger partial charge on any atom is 0.0561 e. The van der Waals surface area contributed by atoms with Gasteiger partial charge < -0.3 is 5.32 Å². The number of hydrogen-bond acceptors (Lipinski definition) is 2. The standard InChI is InChI=1S/C18H32ClNS/c1-3-5-6-7-8-9-10-11-12-17(20-14-4-2)18-16(19)13-15-21-18/h13,15,17,20H,3-12,14H2,1-2H3. The Labute approximate surface area is 140 Å². The molecule has 21 heavy (non-hydrogen) atoms. The molecular formula is C18H32ClNS. The third-order valence-corrected chi connectivity index (χ3v) is 5.42. The SMILES string of the molecule is CCCCCCCCCCC(NCCC)c1sccc1Cl. The highest BCUT2D eigenvalue weighted by atomic mass is 35.5. The molecule has 0 fully saturated rings. The van der Waals surface area contributed by atoms with Crippen molar-refractivity contribution in [2.24, 2.45) is 0 Å². The summed E-state index contributed by atoms with van der Waals surface area (Å²) in [5, 5.41) is 6.70. The molecule has 1 rings (SSSR count).